The fraction of sp³-hybridized carbons (Fsp3) is 0.188. The second kappa shape index (κ2) is 7.04. The van der Waals surface area contributed by atoms with Gasteiger partial charge in [-0.2, -0.15) is 0 Å². The monoisotopic (exact) mass is 318 g/mol. The van der Waals surface area contributed by atoms with Gasteiger partial charge >= 0.3 is 5.97 Å². The summed E-state index contributed by atoms with van der Waals surface area (Å²) >= 11 is 6.10. The first-order valence-corrected chi connectivity index (χ1v) is 7.05. The molecule has 0 aliphatic carbocycles. The third kappa shape index (κ3) is 4.05. The highest BCUT2D eigenvalue weighted by Crippen LogP contribution is 2.25. The van der Waals surface area contributed by atoms with Crippen LogP contribution < -0.4 is 5.32 Å². The van der Waals surface area contributed by atoms with Gasteiger partial charge in [0.05, 0.1) is 12.5 Å². The van der Waals surface area contributed by atoms with Gasteiger partial charge in [0, 0.05) is 22.5 Å². The lowest BCUT2D eigenvalue weighted by Crippen LogP contribution is -2.30. The van der Waals surface area contributed by atoms with Gasteiger partial charge in [0.25, 0.3) is 5.91 Å². The fourth-order valence-electron chi connectivity index (χ4n) is 2.10. The number of carboxylic acids is 1. The molecule has 2 aromatic rings. The Bertz CT molecular complexity index is 703. The number of aliphatic carboxylic acids is 1. The van der Waals surface area contributed by atoms with Gasteiger partial charge in [-0.05, 0) is 30.7 Å². The number of hydrogen-bond acceptors (Lipinski definition) is 3. The molecule has 22 heavy (non-hydrogen) atoms. The number of carboxylic acid groups (broad SMARTS) is 1. The van der Waals surface area contributed by atoms with Gasteiger partial charge in [-0.25, -0.2) is 0 Å². The molecule has 2 N–H and O–H groups in total. The summed E-state index contributed by atoms with van der Waals surface area (Å²) in [5.74, 6) is -1.38. The number of aryl methyl sites for hydroxylation is 1. The van der Waals surface area contributed by atoms with E-state index in [4.69, 9.17) is 16.7 Å². The fourth-order valence-corrected chi connectivity index (χ4v) is 2.37. The highest BCUT2D eigenvalue weighted by Gasteiger charge is 2.21. The largest absolute Gasteiger partial charge is 0.481 e. The Balaban J connectivity index is 2.25. The minimum absolute atomic E-state index is 0.250. The number of pyridine rings is 1. The second-order valence-corrected chi connectivity index (χ2v) is 5.24. The van der Waals surface area contributed by atoms with Crippen LogP contribution in [0.5, 0.6) is 0 Å². The van der Waals surface area contributed by atoms with Crippen LogP contribution in [-0.2, 0) is 4.79 Å². The van der Waals surface area contributed by atoms with Crippen LogP contribution in [0.2, 0.25) is 5.02 Å². The number of amides is 1. The summed E-state index contributed by atoms with van der Waals surface area (Å²) in [6.45, 7) is 1.78. The first kappa shape index (κ1) is 16.0. The maximum Gasteiger partial charge on any atom is 0.305 e. The molecule has 1 amide bonds. The lowest BCUT2D eigenvalue weighted by atomic mass is 10.0. The number of nitrogens with zero attached hydrogens (tertiary/aromatic N) is 1. The van der Waals surface area contributed by atoms with Crippen LogP contribution in [0.1, 0.15) is 34.1 Å². The Morgan fingerprint density at radius 2 is 2.05 bits per heavy atom. The minimum Gasteiger partial charge on any atom is -0.481 e. The summed E-state index contributed by atoms with van der Waals surface area (Å²) in [7, 11) is 0. The molecule has 0 fully saturated rings. The zero-order valence-electron chi connectivity index (χ0n) is 11.9. The van der Waals surface area contributed by atoms with E-state index in [1.165, 1.54) is 6.20 Å². The molecule has 114 valence electrons. The number of halogens is 1. The Morgan fingerprint density at radius 1 is 1.32 bits per heavy atom. The van der Waals surface area contributed by atoms with E-state index >= 15 is 0 Å². The van der Waals surface area contributed by atoms with Crippen LogP contribution in [0.25, 0.3) is 0 Å². The molecular weight excluding hydrogens is 304 g/mol. The van der Waals surface area contributed by atoms with Gasteiger partial charge < -0.3 is 10.4 Å². The van der Waals surface area contributed by atoms with E-state index in [1.54, 1.807) is 43.3 Å². The van der Waals surface area contributed by atoms with Crippen molar-refractivity contribution in [2.75, 3.05) is 0 Å². The number of carbonyl (C=O) groups is 2. The molecule has 0 aliphatic rings. The van der Waals surface area contributed by atoms with E-state index in [9.17, 15) is 9.59 Å². The molecule has 0 aliphatic heterocycles. The van der Waals surface area contributed by atoms with Gasteiger partial charge in [-0.15, -0.1) is 0 Å². The van der Waals surface area contributed by atoms with Gasteiger partial charge in [-0.3, -0.25) is 14.6 Å². The maximum atomic E-state index is 12.3. The Morgan fingerprint density at radius 3 is 2.68 bits per heavy atom. The van der Waals surface area contributed by atoms with Crippen molar-refractivity contribution in [2.45, 2.75) is 19.4 Å². The molecule has 0 radical (unpaired) electrons. The lowest BCUT2D eigenvalue weighted by Gasteiger charge is -2.18. The number of rotatable bonds is 5. The van der Waals surface area contributed by atoms with Gasteiger partial charge in [0.15, 0.2) is 0 Å². The average molecular weight is 319 g/mol. The third-order valence-corrected chi connectivity index (χ3v) is 3.47. The lowest BCUT2D eigenvalue weighted by molar-refractivity contribution is -0.137. The number of aromatic nitrogens is 1. The summed E-state index contributed by atoms with van der Waals surface area (Å²) in [6.07, 6.45) is 1.28. The molecule has 6 heteroatoms. The predicted molar refractivity (Wildman–Crippen MR) is 82.9 cm³/mol. The van der Waals surface area contributed by atoms with Crippen LogP contribution in [0.15, 0.2) is 42.6 Å². The summed E-state index contributed by atoms with van der Waals surface area (Å²) in [5, 5.41) is 12.2. The quantitative estimate of drug-likeness (QED) is 0.888. The zero-order valence-corrected chi connectivity index (χ0v) is 12.7. The van der Waals surface area contributed by atoms with Crippen LogP contribution in [0.4, 0.5) is 0 Å². The van der Waals surface area contributed by atoms with Crippen molar-refractivity contribution in [3.8, 4) is 0 Å². The Labute approximate surface area is 133 Å². The summed E-state index contributed by atoms with van der Waals surface area (Å²) in [5.41, 5.74) is 1.71. The van der Waals surface area contributed by atoms with Crippen molar-refractivity contribution in [1.29, 1.82) is 0 Å². The molecule has 0 bridgehead atoms. The maximum absolute atomic E-state index is 12.3. The van der Waals surface area contributed by atoms with E-state index < -0.39 is 12.0 Å². The van der Waals surface area contributed by atoms with E-state index in [2.05, 4.69) is 10.3 Å². The molecule has 1 aromatic heterocycles. The Kier molecular flexibility index (Phi) is 5.12. The van der Waals surface area contributed by atoms with E-state index in [-0.39, 0.29) is 12.3 Å². The molecule has 0 saturated carbocycles. The molecule has 0 saturated heterocycles. The van der Waals surface area contributed by atoms with Crippen molar-refractivity contribution in [3.05, 3.63) is 64.4 Å². The van der Waals surface area contributed by atoms with Gasteiger partial charge in [0.1, 0.15) is 0 Å². The minimum atomic E-state index is -1.02. The predicted octanol–water partition coefficient (Wildman–Crippen LogP) is 2.99. The van der Waals surface area contributed by atoms with Crippen molar-refractivity contribution in [2.24, 2.45) is 0 Å². The van der Waals surface area contributed by atoms with E-state index in [1.807, 2.05) is 0 Å². The molecule has 1 heterocycles. The summed E-state index contributed by atoms with van der Waals surface area (Å²) in [4.78, 5) is 27.4. The molecule has 0 spiro atoms. The molecule has 1 atom stereocenters. The van der Waals surface area contributed by atoms with Crippen molar-refractivity contribution in [3.63, 3.8) is 0 Å². The van der Waals surface area contributed by atoms with Crippen molar-refractivity contribution < 1.29 is 14.7 Å². The number of nitrogens with one attached hydrogen (secondary N) is 1. The van der Waals surface area contributed by atoms with Crippen LogP contribution in [0.3, 0.4) is 0 Å². The molecule has 2 rings (SSSR count). The smallest absolute Gasteiger partial charge is 0.305 e. The first-order chi connectivity index (χ1) is 10.5. The molecule has 1 aromatic carbocycles. The number of benzene rings is 1. The molecular formula is C16H15ClN2O3. The normalized spacial score (nSPS) is 11.7. The van der Waals surface area contributed by atoms with Crippen LogP contribution in [0, 0.1) is 6.92 Å². The summed E-state index contributed by atoms with van der Waals surface area (Å²) < 4.78 is 0. The molecule has 0 unspecified atom stereocenters. The van der Waals surface area contributed by atoms with Gasteiger partial charge in [-0.1, -0.05) is 29.8 Å². The SMILES string of the molecule is Cc1cc(C(=O)N[C@H](CC(=O)O)c2ccccc2Cl)ccn1. The highest BCUT2D eigenvalue weighted by atomic mass is 35.5. The number of hydrogen-bond donors (Lipinski definition) is 2. The van der Waals surface area contributed by atoms with Crippen LogP contribution >= 0.6 is 11.6 Å². The van der Waals surface area contributed by atoms with Crippen molar-refractivity contribution >= 4 is 23.5 Å². The summed E-state index contributed by atoms with van der Waals surface area (Å²) in [6, 6.07) is 9.37. The van der Waals surface area contributed by atoms with Crippen LogP contribution in [-0.4, -0.2) is 22.0 Å². The second-order valence-electron chi connectivity index (χ2n) is 4.83. The average Bonchev–Trinajstić information content (AvgIpc) is 2.46. The Hall–Kier alpha value is -2.40. The topological polar surface area (TPSA) is 79.3 Å². The van der Waals surface area contributed by atoms with E-state index in [0.29, 0.717) is 21.8 Å². The first-order valence-electron chi connectivity index (χ1n) is 6.67. The standard InChI is InChI=1S/C16H15ClN2O3/c1-10-8-11(6-7-18-10)16(22)19-14(9-15(20)21)12-4-2-3-5-13(12)17/h2-8,14H,9H2,1H3,(H,19,22)(H,20,21)/t14-/m1/s1. The zero-order chi connectivity index (χ0) is 16.1. The van der Waals surface area contributed by atoms with E-state index in [0.717, 1.165) is 0 Å². The van der Waals surface area contributed by atoms with Crippen molar-refractivity contribution in [1.82, 2.24) is 10.3 Å². The van der Waals surface area contributed by atoms with Gasteiger partial charge in [0.2, 0.25) is 0 Å². The third-order valence-electron chi connectivity index (χ3n) is 3.12. The number of carbonyl (C=O) groups excluding carboxylic acids is 1. The highest BCUT2D eigenvalue weighted by molar-refractivity contribution is 6.31. The molecule has 5 nitrogen and oxygen atoms in total.